The molecule has 0 saturated heterocycles. The lowest BCUT2D eigenvalue weighted by Crippen LogP contribution is -1.97. The number of anilines is 2. The van der Waals surface area contributed by atoms with E-state index in [0.717, 1.165) is 39.0 Å². The predicted octanol–water partition coefficient (Wildman–Crippen LogP) is 5.84. The Morgan fingerprint density at radius 1 is 0.786 bits per heavy atom. The summed E-state index contributed by atoms with van der Waals surface area (Å²) in [5.41, 5.74) is 7.33. The average Bonchev–Trinajstić information content (AvgIpc) is 3.02. The first kappa shape index (κ1) is 16.5. The van der Waals surface area contributed by atoms with E-state index in [-0.39, 0.29) is 0 Å². The van der Waals surface area contributed by atoms with Gasteiger partial charge in [0.25, 0.3) is 0 Å². The largest absolute Gasteiger partial charge is 0.354 e. The number of pyridine rings is 1. The molecule has 3 aromatic carbocycles. The molecule has 0 atom stereocenters. The van der Waals surface area contributed by atoms with Crippen LogP contribution in [0.2, 0.25) is 0 Å². The molecule has 0 bridgehead atoms. The Bertz CT molecular complexity index is 1290. The fourth-order valence-electron chi connectivity index (χ4n) is 3.75. The zero-order valence-corrected chi connectivity index (χ0v) is 15.8. The highest BCUT2D eigenvalue weighted by atomic mass is 15.3. The minimum Gasteiger partial charge on any atom is -0.354 e. The Morgan fingerprint density at radius 2 is 1.46 bits per heavy atom. The van der Waals surface area contributed by atoms with Gasteiger partial charge in [0.15, 0.2) is 5.65 Å². The van der Waals surface area contributed by atoms with Crippen molar-refractivity contribution >= 4 is 33.3 Å². The zero-order chi connectivity index (χ0) is 19.1. The van der Waals surface area contributed by atoms with Crippen LogP contribution in [0.1, 0.15) is 5.69 Å². The number of benzene rings is 3. The van der Waals surface area contributed by atoms with Gasteiger partial charge in [0.05, 0.1) is 22.3 Å². The summed E-state index contributed by atoms with van der Waals surface area (Å²) in [6, 6.07) is 27.2. The average molecular weight is 364 g/mol. The van der Waals surface area contributed by atoms with Crippen LogP contribution in [0.5, 0.6) is 0 Å². The van der Waals surface area contributed by atoms with Gasteiger partial charge in [0.2, 0.25) is 0 Å². The molecule has 0 aliphatic heterocycles. The van der Waals surface area contributed by atoms with Crippen molar-refractivity contribution in [2.75, 3.05) is 5.32 Å². The molecule has 0 amide bonds. The lowest BCUT2D eigenvalue weighted by Gasteiger charge is -2.12. The number of nitrogens with one attached hydrogen (secondary N) is 1. The van der Waals surface area contributed by atoms with Gasteiger partial charge in [-0.05, 0) is 36.2 Å². The SMILES string of the molecule is Cc1nn(C)c2nc3ccccc3c(Nc3ccc(-c4ccccc4)cc3)c12. The first-order chi connectivity index (χ1) is 13.7. The van der Waals surface area contributed by atoms with Crippen molar-refractivity contribution in [3.8, 4) is 11.1 Å². The van der Waals surface area contributed by atoms with Crippen LogP contribution in [0.3, 0.4) is 0 Å². The van der Waals surface area contributed by atoms with Crippen LogP contribution in [0.4, 0.5) is 11.4 Å². The molecule has 28 heavy (non-hydrogen) atoms. The first-order valence-electron chi connectivity index (χ1n) is 9.35. The molecule has 0 spiro atoms. The topological polar surface area (TPSA) is 42.7 Å². The van der Waals surface area contributed by atoms with Crippen molar-refractivity contribution in [2.45, 2.75) is 6.92 Å². The third-order valence-corrected chi connectivity index (χ3v) is 5.10. The molecule has 2 heterocycles. The summed E-state index contributed by atoms with van der Waals surface area (Å²) in [5.74, 6) is 0. The number of aromatic nitrogens is 3. The van der Waals surface area contributed by atoms with Gasteiger partial charge in [0.1, 0.15) is 0 Å². The Balaban J connectivity index is 1.63. The second-order valence-electron chi connectivity index (χ2n) is 6.98. The van der Waals surface area contributed by atoms with Gasteiger partial charge < -0.3 is 5.32 Å². The fraction of sp³-hybridized carbons (Fsp3) is 0.0833. The van der Waals surface area contributed by atoms with E-state index in [2.05, 4.69) is 65.0 Å². The van der Waals surface area contributed by atoms with E-state index in [9.17, 15) is 0 Å². The predicted molar refractivity (Wildman–Crippen MR) is 116 cm³/mol. The van der Waals surface area contributed by atoms with E-state index in [1.807, 2.05) is 42.9 Å². The van der Waals surface area contributed by atoms with Crippen LogP contribution < -0.4 is 5.32 Å². The van der Waals surface area contributed by atoms with Crippen LogP contribution in [0.25, 0.3) is 33.1 Å². The molecule has 0 fully saturated rings. The Labute approximate surface area is 163 Å². The number of para-hydroxylation sites is 1. The first-order valence-corrected chi connectivity index (χ1v) is 9.35. The summed E-state index contributed by atoms with van der Waals surface area (Å²) in [5, 5.41) is 10.4. The molecule has 0 aliphatic carbocycles. The van der Waals surface area contributed by atoms with Crippen LogP contribution >= 0.6 is 0 Å². The van der Waals surface area contributed by atoms with Gasteiger partial charge in [-0.3, -0.25) is 4.68 Å². The second kappa shape index (κ2) is 6.50. The standard InChI is InChI=1S/C24H20N4/c1-16-22-23(20-10-6-7-11-21(20)26-24(22)28(2)27-16)25-19-14-12-18(13-15-19)17-8-4-3-5-9-17/h3-15H,1-2H3,(H,25,26). The Morgan fingerprint density at radius 3 is 2.25 bits per heavy atom. The molecule has 0 unspecified atom stereocenters. The minimum absolute atomic E-state index is 0.889. The molecule has 5 aromatic rings. The normalized spacial score (nSPS) is 11.2. The van der Waals surface area contributed by atoms with Crippen molar-refractivity contribution in [1.29, 1.82) is 0 Å². The van der Waals surface area contributed by atoms with E-state index in [4.69, 9.17) is 4.98 Å². The molecule has 0 radical (unpaired) electrons. The molecule has 5 rings (SSSR count). The third-order valence-electron chi connectivity index (χ3n) is 5.10. The minimum atomic E-state index is 0.889. The van der Waals surface area contributed by atoms with E-state index >= 15 is 0 Å². The van der Waals surface area contributed by atoms with Gasteiger partial charge in [-0.1, -0.05) is 60.7 Å². The highest BCUT2D eigenvalue weighted by Crippen LogP contribution is 2.35. The van der Waals surface area contributed by atoms with Crippen molar-refractivity contribution < 1.29 is 0 Å². The zero-order valence-electron chi connectivity index (χ0n) is 15.8. The third kappa shape index (κ3) is 2.70. The van der Waals surface area contributed by atoms with Crippen LogP contribution in [-0.4, -0.2) is 14.8 Å². The lowest BCUT2D eigenvalue weighted by molar-refractivity contribution is 0.775. The summed E-state index contributed by atoms with van der Waals surface area (Å²) >= 11 is 0. The molecule has 2 aromatic heterocycles. The molecule has 4 nitrogen and oxygen atoms in total. The van der Waals surface area contributed by atoms with E-state index in [1.165, 1.54) is 11.1 Å². The van der Waals surface area contributed by atoms with Crippen LogP contribution in [-0.2, 0) is 7.05 Å². The number of aryl methyl sites for hydroxylation is 2. The van der Waals surface area contributed by atoms with Crippen molar-refractivity contribution in [2.24, 2.45) is 7.05 Å². The maximum Gasteiger partial charge on any atom is 0.160 e. The summed E-state index contributed by atoms with van der Waals surface area (Å²) in [6.45, 7) is 2.03. The van der Waals surface area contributed by atoms with Crippen LogP contribution in [0, 0.1) is 6.92 Å². The number of nitrogens with zero attached hydrogens (tertiary/aromatic N) is 3. The summed E-state index contributed by atoms with van der Waals surface area (Å²) in [4.78, 5) is 4.81. The maximum atomic E-state index is 4.81. The van der Waals surface area contributed by atoms with E-state index in [1.54, 1.807) is 0 Å². The van der Waals surface area contributed by atoms with Gasteiger partial charge >= 0.3 is 0 Å². The van der Waals surface area contributed by atoms with Crippen molar-refractivity contribution in [3.05, 3.63) is 84.6 Å². The molecular weight excluding hydrogens is 344 g/mol. The molecule has 0 saturated carbocycles. The quantitative estimate of drug-likeness (QED) is 0.437. The number of hydrogen-bond acceptors (Lipinski definition) is 3. The van der Waals surface area contributed by atoms with Gasteiger partial charge in [-0.2, -0.15) is 5.10 Å². The smallest absolute Gasteiger partial charge is 0.160 e. The van der Waals surface area contributed by atoms with E-state index < -0.39 is 0 Å². The summed E-state index contributed by atoms with van der Waals surface area (Å²) in [6.07, 6.45) is 0. The van der Waals surface area contributed by atoms with Gasteiger partial charge in [-0.25, -0.2) is 4.98 Å². The summed E-state index contributed by atoms with van der Waals surface area (Å²) < 4.78 is 1.85. The number of rotatable bonds is 3. The lowest BCUT2D eigenvalue weighted by atomic mass is 10.1. The molecule has 136 valence electrons. The second-order valence-corrected chi connectivity index (χ2v) is 6.98. The highest BCUT2D eigenvalue weighted by molar-refractivity contribution is 6.08. The molecular formula is C24H20N4. The number of fused-ring (bicyclic) bond motifs is 2. The van der Waals surface area contributed by atoms with Crippen LogP contribution in [0.15, 0.2) is 78.9 Å². The maximum absolute atomic E-state index is 4.81. The van der Waals surface area contributed by atoms with Gasteiger partial charge in [0, 0.05) is 18.1 Å². The van der Waals surface area contributed by atoms with E-state index in [0.29, 0.717) is 0 Å². The monoisotopic (exact) mass is 364 g/mol. The molecule has 4 heteroatoms. The summed E-state index contributed by atoms with van der Waals surface area (Å²) in [7, 11) is 1.94. The Kier molecular flexibility index (Phi) is 3.83. The highest BCUT2D eigenvalue weighted by Gasteiger charge is 2.15. The van der Waals surface area contributed by atoms with Crippen molar-refractivity contribution in [1.82, 2.24) is 14.8 Å². The Hall–Kier alpha value is -3.66. The van der Waals surface area contributed by atoms with Crippen molar-refractivity contribution in [3.63, 3.8) is 0 Å². The molecule has 1 N–H and O–H groups in total. The fourth-order valence-corrected chi connectivity index (χ4v) is 3.75. The number of hydrogen-bond donors (Lipinski definition) is 1. The molecule has 0 aliphatic rings. The van der Waals surface area contributed by atoms with Gasteiger partial charge in [-0.15, -0.1) is 0 Å².